The minimum absolute atomic E-state index is 0.151. The molecule has 1 amide bonds. The maximum Gasteiger partial charge on any atom is 0.229 e. The van der Waals surface area contributed by atoms with E-state index in [1.165, 1.54) is 0 Å². The third kappa shape index (κ3) is 4.91. The number of hydrogen-bond donors (Lipinski definition) is 0. The average Bonchev–Trinajstić information content (AvgIpc) is 3.44. The van der Waals surface area contributed by atoms with Crippen molar-refractivity contribution in [3.63, 3.8) is 0 Å². The third-order valence-electron chi connectivity index (χ3n) is 7.74. The van der Waals surface area contributed by atoms with Crippen molar-refractivity contribution in [2.75, 3.05) is 62.3 Å². The molecule has 4 aromatic rings. The Kier molecular flexibility index (Phi) is 6.86. The van der Waals surface area contributed by atoms with Crippen LogP contribution in [-0.4, -0.2) is 77.9 Å². The van der Waals surface area contributed by atoms with Gasteiger partial charge in [-0.15, -0.1) is 0 Å². The Labute approximate surface area is 227 Å². The quantitative estimate of drug-likeness (QED) is 0.397. The lowest BCUT2D eigenvalue weighted by molar-refractivity contribution is -0.132. The van der Waals surface area contributed by atoms with Gasteiger partial charge < -0.3 is 19.4 Å². The van der Waals surface area contributed by atoms with E-state index in [2.05, 4.69) is 33.1 Å². The number of morpholine rings is 1. The van der Waals surface area contributed by atoms with Gasteiger partial charge in [0.1, 0.15) is 11.9 Å². The molecule has 2 aliphatic rings. The molecule has 6 rings (SSSR count). The second kappa shape index (κ2) is 10.8. The minimum atomic E-state index is -0.151. The molecule has 3 aromatic heterocycles. The van der Waals surface area contributed by atoms with Crippen molar-refractivity contribution >= 4 is 22.9 Å². The highest BCUT2D eigenvalue weighted by atomic mass is 16.5. The number of hydrogen-bond acceptors (Lipinski definition) is 7. The van der Waals surface area contributed by atoms with Crippen LogP contribution in [0.15, 0.2) is 67.1 Å². The maximum atomic E-state index is 13.1. The normalized spacial score (nSPS) is 16.8. The van der Waals surface area contributed by atoms with Gasteiger partial charge in [0.25, 0.3) is 0 Å². The predicted octanol–water partition coefficient (Wildman–Crippen LogP) is 3.56. The highest BCUT2D eigenvalue weighted by molar-refractivity contribution is 5.87. The van der Waals surface area contributed by atoms with Gasteiger partial charge in [0.05, 0.1) is 48.3 Å². The summed E-state index contributed by atoms with van der Waals surface area (Å²) in [5, 5.41) is 14.2. The first kappa shape index (κ1) is 24.9. The van der Waals surface area contributed by atoms with E-state index >= 15 is 0 Å². The van der Waals surface area contributed by atoms with Crippen molar-refractivity contribution in [3.8, 4) is 17.2 Å². The Morgan fingerprint density at radius 3 is 2.44 bits per heavy atom. The van der Waals surface area contributed by atoms with Crippen molar-refractivity contribution in [1.29, 1.82) is 5.26 Å². The Balaban J connectivity index is 1.20. The second-order valence-corrected chi connectivity index (χ2v) is 10.0. The number of benzene rings is 1. The molecule has 0 spiro atoms. The molecule has 2 fully saturated rings. The lowest BCUT2D eigenvalue weighted by atomic mass is 9.99. The molecule has 198 valence electrons. The van der Waals surface area contributed by atoms with Crippen LogP contribution in [0.1, 0.15) is 24.0 Å². The van der Waals surface area contributed by atoms with Gasteiger partial charge in [-0.25, -0.2) is 9.50 Å². The number of carbonyl (C=O) groups excluding carboxylic acids is 1. The first-order valence-electron chi connectivity index (χ1n) is 13.4. The monoisotopic (exact) mass is 521 g/mol. The van der Waals surface area contributed by atoms with Crippen LogP contribution in [0, 0.1) is 11.3 Å². The minimum Gasteiger partial charge on any atom is -0.378 e. The Morgan fingerprint density at radius 2 is 1.74 bits per heavy atom. The molecule has 9 nitrogen and oxygen atoms in total. The molecule has 1 aromatic carbocycles. The Morgan fingerprint density at radius 1 is 0.974 bits per heavy atom. The van der Waals surface area contributed by atoms with Crippen LogP contribution in [0.3, 0.4) is 0 Å². The fourth-order valence-electron chi connectivity index (χ4n) is 5.45. The zero-order chi connectivity index (χ0) is 26.8. The molecule has 39 heavy (non-hydrogen) atoms. The van der Waals surface area contributed by atoms with Crippen LogP contribution >= 0.6 is 0 Å². The van der Waals surface area contributed by atoms with Crippen molar-refractivity contribution < 1.29 is 9.53 Å². The van der Waals surface area contributed by atoms with Crippen LogP contribution < -0.4 is 9.80 Å². The summed E-state index contributed by atoms with van der Waals surface area (Å²) in [4.78, 5) is 24.3. The average molecular weight is 522 g/mol. The van der Waals surface area contributed by atoms with Crippen molar-refractivity contribution in [2.24, 2.45) is 0 Å². The Hall–Kier alpha value is -4.42. The van der Waals surface area contributed by atoms with Gasteiger partial charge in [0.2, 0.25) is 5.91 Å². The van der Waals surface area contributed by atoms with E-state index in [4.69, 9.17) is 9.72 Å². The summed E-state index contributed by atoms with van der Waals surface area (Å²) in [6.45, 7) is 7.79. The largest absolute Gasteiger partial charge is 0.378 e. The summed E-state index contributed by atoms with van der Waals surface area (Å²) in [7, 11) is 0. The number of ether oxygens (including phenoxy) is 1. The predicted molar refractivity (Wildman–Crippen MR) is 150 cm³/mol. The number of rotatable bonds is 5. The lowest BCUT2D eigenvalue weighted by Gasteiger charge is -2.36. The highest BCUT2D eigenvalue weighted by Gasteiger charge is 2.26. The molecule has 0 N–H and O–H groups in total. The smallest absolute Gasteiger partial charge is 0.229 e. The van der Waals surface area contributed by atoms with Gasteiger partial charge in [0, 0.05) is 56.6 Å². The molecule has 5 heterocycles. The van der Waals surface area contributed by atoms with E-state index in [0.29, 0.717) is 31.9 Å². The molecule has 0 radical (unpaired) electrons. The number of nitrogens with zero attached hydrogens (tertiary/aromatic N) is 7. The summed E-state index contributed by atoms with van der Waals surface area (Å²) >= 11 is 0. The van der Waals surface area contributed by atoms with E-state index in [-0.39, 0.29) is 11.8 Å². The lowest BCUT2D eigenvalue weighted by Crippen LogP contribution is -2.50. The van der Waals surface area contributed by atoms with Gasteiger partial charge in [-0.05, 0) is 30.7 Å². The molecule has 0 bridgehead atoms. The number of aromatic nitrogens is 3. The summed E-state index contributed by atoms with van der Waals surface area (Å²) in [6.07, 6.45) is 5.46. The Bertz CT molecular complexity index is 1500. The van der Waals surface area contributed by atoms with E-state index in [1.807, 2.05) is 60.6 Å². The molecule has 2 aliphatic heterocycles. The highest BCUT2D eigenvalue weighted by Crippen LogP contribution is 2.32. The molecular formula is C30H31N7O2. The first-order valence-corrected chi connectivity index (χ1v) is 13.4. The molecule has 1 atom stereocenters. The second-order valence-electron chi connectivity index (χ2n) is 10.0. The SMILES string of the molecule is C[C@@H](C(=O)N1CCN(c2ccc(-c3cc(N4CCOCC4)cn4ncc(C#N)c34)cn2)CC1)c1ccccc1. The fraction of sp³-hybridized carbons (Fsp3) is 0.333. The van der Waals surface area contributed by atoms with Gasteiger partial charge in [-0.3, -0.25) is 4.79 Å². The zero-order valence-corrected chi connectivity index (χ0v) is 22.0. The standard InChI is InChI=1S/C30H31N7O2/c1-22(23-5-3-2-4-6-23)30(38)36-11-9-35(10-12-36)28-8-7-24(19-32-28)27-17-26(34-13-15-39-16-14-34)21-37-29(27)25(18-31)20-33-37/h2-8,17,19-22H,9-16H2,1H3/t22-/m1/s1. The molecule has 0 saturated carbocycles. The summed E-state index contributed by atoms with van der Waals surface area (Å²) in [5.41, 5.74) is 5.27. The van der Waals surface area contributed by atoms with Crippen LogP contribution in [0.2, 0.25) is 0 Å². The van der Waals surface area contributed by atoms with Gasteiger partial charge in [-0.1, -0.05) is 30.3 Å². The molecule has 0 aliphatic carbocycles. The number of carbonyl (C=O) groups is 1. The molecule has 9 heteroatoms. The van der Waals surface area contributed by atoms with Crippen molar-refractivity contribution in [3.05, 3.63) is 78.2 Å². The number of amides is 1. The summed E-state index contributed by atoms with van der Waals surface area (Å²) < 4.78 is 7.31. The molecule has 2 saturated heterocycles. The van der Waals surface area contributed by atoms with E-state index < -0.39 is 0 Å². The van der Waals surface area contributed by atoms with Gasteiger partial charge >= 0.3 is 0 Å². The number of piperazine rings is 1. The third-order valence-corrected chi connectivity index (χ3v) is 7.74. The maximum absolute atomic E-state index is 13.1. The number of fused-ring (bicyclic) bond motifs is 1. The van der Waals surface area contributed by atoms with E-state index in [1.54, 1.807) is 10.7 Å². The summed E-state index contributed by atoms with van der Waals surface area (Å²) in [6, 6.07) is 18.4. The van der Waals surface area contributed by atoms with Crippen molar-refractivity contribution in [1.82, 2.24) is 19.5 Å². The topological polar surface area (TPSA) is 90.0 Å². The van der Waals surface area contributed by atoms with Crippen LogP contribution in [-0.2, 0) is 9.53 Å². The van der Waals surface area contributed by atoms with Gasteiger partial charge in [-0.2, -0.15) is 10.4 Å². The van der Waals surface area contributed by atoms with E-state index in [9.17, 15) is 10.1 Å². The first-order chi connectivity index (χ1) is 19.1. The zero-order valence-electron chi connectivity index (χ0n) is 22.0. The van der Waals surface area contributed by atoms with E-state index in [0.717, 1.165) is 59.9 Å². The fourth-order valence-corrected chi connectivity index (χ4v) is 5.45. The summed E-state index contributed by atoms with van der Waals surface area (Å²) in [5.74, 6) is 0.904. The number of anilines is 2. The van der Waals surface area contributed by atoms with Crippen LogP contribution in [0.25, 0.3) is 16.6 Å². The number of nitriles is 1. The van der Waals surface area contributed by atoms with Crippen LogP contribution in [0.5, 0.6) is 0 Å². The van der Waals surface area contributed by atoms with Crippen LogP contribution in [0.4, 0.5) is 11.5 Å². The van der Waals surface area contributed by atoms with Gasteiger partial charge in [0.15, 0.2) is 0 Å². The molecular weight excluding hydrogens is 490 g/mol. The molecule has 0 unspecified atom stereocenters. The van der Waals surface area contributed by atoms with Crippen molar-refractivity contribution in [2.45, 2.75) is 12.8 Å². The number of pyridine rings is 2.